The van der Waals surface area contributed by atoms with Crippen LogP contribution in [0.15, 0.2) is 42.7 Å². The second-order valence-corrected chi connectivity index (χ2v) is 5.19. The summed E-state index contributed by atoms with van der Waals surface area (Å²) in [4.78, 5) is 4.28. The molecule has 1 aromatic carbocycles. The maximum Gasteiger partial charge on any atom is 0.0596 e. The molecule has 2 aromatic rings. The first-order valence-electron chi connectivity index (χ1n) is 6.49. The Morgan fingerprint density at radius 3 is 2.72 bits per heavy atom. The lowest BCUT2D eigenvalue weighted by Crippen LogP contribution is -2.37. The van der Waals surface area contributed by atoms with Crippen LogP contribution < -0.4 is 5.32 Å². The Kier molecular flexibility index (Phi) is 2.88. The van der Waals surface area contributed by atoms with Gasteiger partial charge in [0.25, 0.3) is 0 Å². The molecule has 1 aromatic heterocycles. The first-order chi connectivity index (χ1) is 8.74. The smallest absolute Gasteiger partial charge is 0.0596 e. The number of rotatable bonds is 1. The number of aryl methyl sites for hydroxylation is 1. The topological polar surface area (TPSA) is 24.9 Å². The minimum Gasteiger partial charge on any atom is -0.303 e. The third-order valence-electron chi connectivity index (χ3n) is 3.65. The van der Waals surface area contributed by atoms with Crippen LogP contribution in [0.1, 0.15) is 35.2 Å². The van der Waals surface area contributed by atoms with Crippen molar-refractivity contribution in [3.63, 3.8) is 0 Å². The second kappa shape index (κ2) is 4.54. The number of hydrogen-bond acceptors (Lipinski definition) is 2. The van der Waals surface area contributed by atoms with Crippen molar-refractivity contribution in [1.29, 1.82) is 0 Å². The SMILES string of the molecule is Cc1ccc(C2NC(C)Cc3ccncc32)cc1. The van der Waals surface area contributed by atoms with E-state index in [0.717, 1.165) is 6.42 Å². The molecule has 1 aliphatic rings. The fraction of sp³-hybridized carbons (Fsp3) is 0.312. The summed E-state index contributed by atoms with van der Waals surface area (Å²) in [6.07, 6.45) is 4.97. The Morgan fingerprint density at radius 2 is 1.94 bits per heavy atom. The van der Waals surface area contributed by atoms with E-state index in [1.807, 2.05) is 12.4 Å². The van der Waals surface area contributed by atoms with E-state index in [9.17, 15) is 0 Å². The maximum absolute atomic E-state index is 4.28. The zero-order valence-corrected chi connectivity index (χ0v) is 10.9. The number of nitrogens with one attached hydrogen (secondary N) is 1. The second-order valence-electron chi connectivity index (χ2n) is 5.19. The van der Waals surface area contributed by atoms with E-state index < -0.39 is 0 Å². The van der Waals surface area contributed by atoms with E-state index in [0.29, 0.717) is 6.04 Å². The van der Waals surface area contributed by atoms with Gasteiger partial charge in [-0.1, -0.05) is 29.8 Å². The van der Waals surface area contributed by atoms with Crippen LogP contribution in [0.2, 0.25) is 0 Å². The molecule has 0 saturated carbocycles. The summed E-state index contributed by atoms with van der Waals surface area (Å²) in [5.41, 5.74) is 5.36. The van der Waals surface area contributed by atoms with E-state index in [1.165, 1.54) is 22.3 Å². The van der Waals surface area contributed by atoms with Gasteiger partial charge in [0.05, 0.1) is 6.04 Å². The Morgan fingerprint density at radius 1 is 1.17 bits per heavy atom. The summed E-state index contributed by atoms with van der Waals surface area (Å²) in [5.74, 6) is 0. The number of hydrogen-bond donors (Lipinski definition) is 1. The van der Waals surface area contributed by atoms with Crippen LogP contribution in [0.3, 0.4) is 0 Å². The van der Waals surface area contributed by atoms with Gasteiger partial charge in [0.15, 0.2) is 0 Å². The van der Waals surface area contributed by atoms with E-state index >= 15 is 0 Å². The van der Waals surface area contributed by atoms with Crippen molar-refractivity contribution in [3.8, 4) is 0 Å². The highest BCUT2D eigenvalue weighted by Crippen LogP contribution is 2.29. The fourth-order valence-corrected chi connectivity index (χ4v) is 2.68. The summed E-state index contributed by atoms with van der Waals surface area (Å²) < 4.78 is 0. The zero-order valence-electron chi connectivity index (χ0n) is 10.9. The molecule has 0 saturated heterocycles. The van der Waals surface area contributed by atoms with Crippen LogP contribution in [0.5, 0.6) is 0 Å². The molecule has 1 N–H and O–H groups in total. The first-order valence-corrected chi connectivity index (χ1v) is 6.49. The van der Waals surface area contributed by atoms with Crippen molar-refractivity contribution in [2.24, 2.45) is 0 Å². The molecule has 0 fully saturated rings. The van der Waals surface area contributed by atoms with Gasteiger partial charge in [-0.15, -0.1) is 0 Å². The van der Waals surface area contributed by atoms with Gasteiger partial charge < -0.3 is 5.32 Å². The van der Waals surface area contributed by atoms with Crippen molar-refractivity contribution in [2.75, 3.05) is 0 Å². The molecular weight excluding hydrogens is 220 g/mol. The van der Waals surface area contributed by atoms with Crippen LogP contribution in [0, 0.1) is 6.92 Å². The molecule has 0 radical (unpaired) electrons. The molecule has 2 nitrogen and oxygen atoms in total. The molecule has 18 heavy (non-hydrogen) atoms. The maximum atomic E-state index is 4.28. The summed E-state index contributed by atoms with van der Waals surface area (Å²) in [5, 5.41) is 3.67. The van der Waals surface area contributed by atoms with Crippen molar-refractivity contribution in [1.82, 2.24) is 10.3 Å². The van der Waals surface area contributed by atoms with Crippen LogP contribution >= 0.6 is 0 Å². The van der Waals surface area contributed by atoms with E-state index in [4.69, 9.17) is 0 Å². The predicted octanol–water partition coefficient (Wildman–Crippen LogP) is 3.01. The van der Waals surface area contributed by atoms with Crippen LogP contribution in [0.25, 0.3) is 0 Å². The van der Waals surface area contributed by atoms with Gasteiger partial charge >= 0.3 is 0 Å². The monoisotopic (exact) mass is 238 g/mol. The highest BCUT2D eigenvalue weighted by Gasteiger charge is 2.24. The number of fused-ring (bicyclic) bond motifs is 1. The standard InChI is InChI=1S/C16H18N2/c1-11-3-5-13(6-4-11)16-15-10-17-8-7-14(15)9-12(2)18-16/h3-8,10,12,16,18H,9H2,1-2H3. The molecule has 1 aliphatic heterocycles. The minimum absolute atomic E-state index is 0.276. The average molecular weight is 238 g/mol. The summed E-state index contributed by atoms with van der Waals surface area (Å²) in [6, 6.07) is 11.7. The van der Waals surface area contributed by atoms with Crippen LogP contribution in [0.4, 0.5) is 0 Å². The van der Waals surface area contributed by atoms with Crippen molar-refractivity contribution in [3.05, 3.63) is 65.0 Å². The van der Waals surface area contributed by atoms with Gasteiger partial charge in [-0.3, -0.25) is 4.98 Å². The fourth-order valence-electron chi connectivity index (χ4n) is 2.68. The highest BCUT2D eigenvalue weighted by atomic mass is 15.0. The Labute approximate surface area is 108 Å². The third kappa shape index (κ3) is 2.04. The lowest BCUT2D eigenvalue weighted by Gasteiger charge is -2.31. The molecule has 2 heteroatoms. The Balaban J connectivity index is 2.04. The molecule has 0 aliphatic carbocycles. The predicted molar refractivity (Wildman–Crippen MR) is 73.6 cm³/mol. The summed E-state index contributed by atoms with van der Waals surface area (Å²) in [6.45, 7) is 4.36. The molecular formula is C16H18N2. The first kappa shape index (κ1) is 11.4. The minimum atomic E-state index is 0.276. The van der Waals surface area contributed by atoms with E-state index in [2.05, 4.69) is 54.5 Å². The van der Waals surface area contributed by atoms with Gasteiger partial charge in [0, 0.05) is 18.4 Å². The molecule has 0 spiro atoms. The van der Waals surface area contributed by atoms with Gasteiger partial charge in [-0.25, -0.2) is 0 Å². The van der Waals surface area contributed by atoms with Crippen molar-refractivity contribution >= 4 is 0 Å². The quantitative estimate of drug-likeness (QED) is 0.826. The van der Waals surface area contributed by atoms with Gasteiger partial charge in [0.2, 0.25) is 0 Å². The Hall–Kier alpha value is -1.67. The normalized spacial score (nSPS) is 22.6. The highest BCUT2D eigenvalue weighted by molar-refractivity contribution is 5.39. The lowest BCUT2D eigenvalue weighted by atomic mass is 9.88. The molecule has 0 bridgehead atoms. The van der Waals surface area contributed by atoms with Gasteiger partial charge in [0.1, 0.15) is 0 Å². The number of nitrogens with zero attached hydrogens (tertiary/aromatic N) is 1. The summed E-state index contributed by atoms with van der Waals surface area (Å²) >= 11 is 0. The molecule has 2 unspecified atom stereocenters. The third-order valence-corrected chi connectivity index (χ3v) is 3.65. The number of aromatic nitrogens is 1. The average Bonchev–Trinajstić information content (AvgIpc) is 2.38. The van der Waals surface area contributed by atoms with Gasteiger partial charge in [-0.2, -0.15) is 0 Å². The summed E-state index contributed by atoms with van der Waals surface area (Å²) in [7, 11) is 0. The molecule has 0 amide bonds. The van der Waals surface area contributed by atoms with Crippen LogP contribution in [-0.2, 0) is 6.42 Å². The Bertz CT molecular complexity index is 545. The molecule has 92 valence electrons. The molecule has 2 heterocycles. The molecule has 3 rings (SSSR count). The van der Waals surface area contributed by atoms with Gasteiger partial charge in [-0.05, 0) is 43.0 Å². The van der Waals surface area contributed by atoms with Crippen molar-refractivity contribution < 1.29 is 0 Å². The van der Waals surface area contributed by atoms with E-state index in [-0.39, 0.29) is 6.04 Å². The lowest BCUT2D eigenvalue weighted by molar-refractivity contribution is 0.463. The molecule has 2 atom stereocenters. The number of pyridine rings is 1. The number of benzene rings is 1. The largest absolute Gasteiger partial charge is 0.303 e. The zero-order chi connectivity index (χ0) is 12.5. The van der Waals surface area contributed by atoms with E-state index in [1.54, 1.807) is 0 Å². The van der Waals surface area contributed by atoms with Crippen LogP contribution in [-0.4, -0.2) is 11.0 Å². The van der Waals surface area contributed by atoms with Crippen molar-refractivity contribution in [2.45, 2.75) is 32.4 Å².